The van der Waals surface area contributed by atoms with Crippen molar-refractivity contribution in [1.29, 1.82) is 0 Å². The van der Waals surface area contributed by atoms with Crippen LogP contribution in [0, 0.1) is 6.92 Å². The van der Waals surface area contributed by atoms with Crippen molar-refractivity contribution in [2.24, 2.45) is 0 Å². The molecule has 3 rings (SSSR count). The summed E-state index contributed by atoms with van der Waals surface area (Å²) in [4.78, 5) is 0. The fraction of sp³-hybridized carbons (Fsp3) is 0.111. The molecule has 0 bridgehead atoms. The molecular weight excluding hydrogens is 216 g/mol. The second kappa shape index (κ2) is 4.66. The van der Waals surface area contributed by atoms with Gasteiger partial charge in [-0.05, 0) is 40.8 Å². The van der Waals surface area contributed by atoms with Crippen molar-refractivity contribution >= 4 is 10.8 Å². The van der Waals surface area contributed by atoms with E-state index in [4.69, 9.17) is 0 Å². The van der Waals surface area contributed by atoms with Gasteiger partial charge in [0.15, 0.2) is 0 Å². The van der Waals surface area contributed by atoms with E-state index in [1.165, 1.54) is 27.5 Å². The smallest absolute Gasteiger partial charge is 0.00229 e. The second-order valence-corrected chi connectivity index (χ2v) is 4.73. The largest absolute Gasteiger partial charge is 0.0622 e. The van der Waals surface area contributed by atoms with Crippen LogP contribution in [0.5, 0.6) is 0 Å². The maximum atomic E-state index is 2.25. The topological polar surface area (TPSA) is 0 Å². The lowest BCUT2D eigenvalue weighted by Gasteiger charge is -2.09. The Labute approximate surface area is 108 Å². The van der Waals surface area contributed by atoms with Gasteiger partial charge in [-0.15, -0.1) is 0 Å². The lowest BCUT2D eigenvalue weighted by atomic mass is 9.95. The van der Waals surface area contributed by atoms with Crippen LogP contribution in [0.15, 0.2) is 66.7 Å². The Balaban J connectivity index is 2.05. The van der Waals surface area contributed by atoms with Crippen LogP contribution in [0.2, 0.25) is 0 Å². The number of rotatable bonds is 2. The van der Waals surface area contributed by atoms with E-state index >= 15 is 0 Å². The molecule has 0 unspecified atom stereocenters. The fourth-order valence-electron chi connectivity index (χ4n) is 2.48. The zero-order valence-electron chi connectivity index (χ0n) is 10.6. The summed E-state index contributed by atoms with van der Waals surface area (Å²) in [5.41, 5.74) is 4.19. The molecule has 0 aliphatic heterocycles. The van der Waals surface area contributed by atoms with E-state index in [0.29, 0.717) is 0 Å². The minimum atomic E-state index is 1.01. The highest BCUT2D eigenvalue weighted by atomic mass is 14.1. The maximum Gasteiger partial charge on any atom is -0.00229 e. The Hall–Kier alpha value is -2.08. The number of aryl methyl sites for hydroxylation is 1. The van der Waals surface area contributed by atoms with Gasteiger partial charge in [-0.1, -0.05) is 66.7 Å². The lowest BCUT2D eigenvalue weighted by molar-refractivity contribution is 1.17. The standard InChI is InChI=1S/C18H16/c1-14-17(13-15-7-3-2-4-8-15)12-11-16-9-5-6-10-18(14)16/h2-12H,13H2,1H3. The molecule has 3 aromatic rings. The van der Waals surface area contributed by atoms with E-state index < -0.39 is 0 Å². The maximum absolute atomic E-state index is 2.25. The summed E-state index contributed by atoms with van der Waals surface area (Å²) in [6.07, 6.45) is 1.01. The Morgan fingerprint density at radius 1 is 0.722 bits per heavy atom. The van der Waals surface area contributed by atoms with Gasteiger partial charge < -0.3 is 0 Å². The molecule has 0 aliphatic rings. The molecule has 88 valence electrons. The number of fused-ring (bicyclic) bond motifs is 1. The van der Waals surface area contributed by atoms with E-state index in [-0.39, 0.29) is 0 Å². The minimum absolute atomic E-state index is 1.01. The van der Waals surface area contributed by atoms with Crippen LogP contribution in [0.25, 0.3) is 10.8 Å². The van der Waals surface area contributed by atoms with Crippen LogP contribution in [0.1, 0.15) is 16.7 Å². The van der Waals surface area contributed by atoms with Gasteiger partial charge in [0.25, 0.3) is 0 Å². The van der Waals surface area contributed by atoms with Crippen molar-refractivity contribution in [2.75, 3.05) is 0 Å². The first-order valence-corrected chi connectivity index (χ1v) is 6.36. The van der Waals surface area contributed by atoms with Gasteiger partial charge in [-0.3, -0.25) is 0 Å². The zero-order valence-corrected chi connectivity index (χ0v) is 10.6. The van der Waals surface area contributed by atoms with Gasteiger partial charge >= 0.3 is 0 Å². The molecule has 0 nitrogen and oxygen atoms in total. The molecule has 0 radical (unpaired) electrons. The summed E-state index contributed by atoms with van der Waals surface area (Å²) in [6.45, 7) is 2.22. The van der Waals surface area contributed by atoms with Crippen molar-refractivity contribution in [3.05, 3.63) is 83.4 Å². The zero-order chi connectivity index (χ0) is 12.4. The lowest BCUT2D eigenvalue weighted by Crippen LogP contribution is -1.92. The van der Waals surface area contributed by atoms with Crippen molar-refractivity contribution in [2.45, 2.75) is 13.3 Å². The molecule has 3 aromatic carbocycles. The summed E-state index contributed by atoms with van der Waals surface area (Å²) >= 11 is 0. The van der Waals surface area contributed by atoms with Crippen LogP contribution >= 0.6 is 0 Å². The highest BCUT2D eigenvalue weighted by molar-refractivity contribution is 5.86. The van der Waals surface area contributed by atoms with Crippen molar-refractivity contribution in [3.63, 3.8) is 0 Å². The molecule has 0 spiro atoms. The van der Waals surface area contributed by atoms with Crippen LogP contribution in [-0.2, 0) is 6.42 Å². The molecule has 0 saturated heterocycles. The van der Waals surface area contributed by atoms with E-state index in [1.54, 1.807) is 0 Å². The van der Waals surface area contributed by atoms with E-state index in [0.717, 1.165) is 6.42 Å². The molecule has 0 heterocycles. The highest BCUT2D eigenvalue weighted by Gasteiger charge is 2.03. The summed E-state index contributed by atoms with van der Waals surface area (Å²) < 4.78 is 0. The molecule has 0 N–H and O–H groups in total. The summed E-state index contributed by atoms with van der Waals surface area (Å²) in [6, 6.07) is 23.7. The molecule has 0 heteroatoms. The SMILES string of the molecule is Cc1c(Cc2ccccc2)ccc2ccccc12. The van der Waals surface area contributed by atoms with E-state index in [2.05, 4.69) is 73.7 Å². The van der Waals surface area contributed by atoms with Gasteiger partial charge in [0.2, 0.25) is 0 Å². The average Bonchev–Trinajstić information content (AvgIpc) is 2.43. The number of hydrogen-bond acceptors (Lipinski definition) is 0. The van der Waals surface area contributed by atoms with Gasteiger partial charge in [0, 0.05) is 0 Å². The van der Waals surface area contributed by atoms with Crippen molar-refractivity contribution in [3.8, 4) is 0 Å². The Morgan fingerprint density at radius 2 is 1.44 bits per heavy atom. The highest BCUT2D eigenvalue weighted by Crippen LogP contribution is 2.23. The molecular formula is C18H16. The Kier molecular flexibility index (Phi) is 2.85. The first-order valence-electron chi connectivity index (χ1n) is 6.36. The van der Waals surface area contributed by atoms with E-state index in [9.17, 15) is 0 Å². The van der Waals surface area contributed by atoms with Crippen molar-refractivity contribution in [1.82, 2.24) is 0 Å². The predicted octanol–water partition coefficient (Wildman–Crippen LogP) is 4.74. The fourth-order valence-corrected chi connectivity index (χ4v) is 2.48. The predicted molar refractivity (Wildman–Crippen MR) is 77.9 cm³/mol. The molecule has 0 saturated carbocycles. The Morgan fingerprint density at radius 3 is 2.28 bits per heavy atom. The molecule has 0 aliphatic carbocycles. The third-order valence-corrected chi connectivity index (χ3v) is 3.55. The van der Waals surface area contributed by atoms with Gasteiger partial charge in [0.05, 0.1) is 0 Å². The molecule has 0 amide bonds. The average molecular weight is 232 g/mol. The van der Waals surface area contributed by atoms with Crippen LogP contribution in [0.3, 0.4) is 0 Å². The first kappa shape index (κ1) is 11.0. The van der Waals surface area contributed by atoms with Gasteiger partial charge in [-0.25, -0.2) is 0 Å². The third kappa shape index (κ3) is 2.02. The molecule has 18 heavy (non-hydrogen) atoms. The molecule has 0 fully saturated rings. The monoisotopic (exact) mass is 232 g/mol. The number of benzene rings is 3. The second-order valence-electron chi connectivity index (χ2n) is 4.73. The summed E-state index contributed by atoms with van der Waals surface area (Å²) in [5.74, 6) is 0. The van der Waals surface area contributed by atoms with Gasteiger partial charge in [-0.2, -0.15) is 0 Å². The quantitative estimate of drug-likeness (QED) is 0.598. The van der Waals surface area contributed by atoms with Crippen LogP contribution < -0.4 is 0 Å². The number of hydrogen-bond donors (Lipinski definition) is 0. The minimum Gasteiger partial charge on any atom is -0.0622 e. The molecule has 0 atom stereocenters. The van der Waals surface area contributed by atoms with Crippen molar-refractivity contribution < 1.29 is 0 Å². The van der Waals surface area contributed by atoms with E-state index in [1.807, 2.05) is 0 Å². The summed E-state index contributed by atoms with van der Waals surface area (Å²) in [7, 11) is 0. The molecule has 0 aromatic heterocycles. The Bertz CT molecular complexity index is 666. The van der Waals surface area contributed by atoms with Gasteiger partial charge in [0.1, 0.15) is 0 Å². The van der Waals surface area contributed by atoms with Crippen LogP contribution in [0.4, 0.5) is 0 Å². The normalized spacial score (nSPS) is 10.7. The third-order valence-electron chi connectivity index (χ3n) is 3.55. The summed E-state index contributed by atoms with van der Waals surface area (Å²) in [5, 5.41) is 2.69. The van der Waals surface area contributed by atoms with Crippen LogP contribution in [-0.4, -0.2) is 0 Å². The first-order chi connectivity index (χ1) is 8.84.